The van der Waals surface area contributed by atoms with Crippen molar-refractivity contribution in [2.45, 2.75) is 26.6 Å². The lowest BCUT2D eigenvalue weighted by Crippen LogP contribution is -2.29. The molecule has 104 valence electrons. The zero-order chi connectivity index (χ0) is 14.6. The molecule has 1 aromatic carbocycles. The molecule has 0 aliphatic rings. The van der Waals surface area contributed by atoms with E-state index in [0.717, 1.165) is 22.7 Å². The number of aliphatic imine (C=N–C) groups is 1. The van der Waals surface area contributed by atoms with Gasteiger partial charge >= 0.3 is 0 Å². The Labute approximate surface area is 121 Å². The standard InChI is InChI=1S/C16H20N2OSi/c1-13-8-7-10-15(16(13)19-20(2,3)4)18-12-14-9-5-6-11-17-14/h5-12H,1-4H3. The number of aromatic nitrogens is 1. The first kappa shape index (κ1) is 14.5. The molecule has 0 bridgehead atoms. The van der Waals surface area contributed by atoms with Crippen molar-refractivity contribution in [1.29, 1.82) is 0 Å². The molecule has 0 N–H and O–H groups in total. The van der Waals surface area contributed by atoms with Crippen molar-refractivity contribution in [1.82, 2.24) is 4.98 Å². The second-order valence-corrected chi connectivity index (χ2v) is 10.1. The van der Waals surface area contributed by atoms with E-state index >= 15 is 0 Å². The van der Waals surface area contributed by atoms with Crippen molar-refractivity contribution >= 4 is 20.2 Å². The second-order valence-electron chi connectivity index (χ2n) is 5.65. The fraction of sp³-hybridized carbons (Fsp3) is 0.250. The van der Waals surface area contributed by atoms with Gasteiger partial charge in [-0.2, -0.15) is 0 Å². The fourth-order valence-corrected chi connectivity index (χ4v) is 2.64. The third-order valence-corrected chi connectivity index (χ3v) is 3.44. The van der Waals surface area contributed by atoms with Gasteiger partial charge in [-0.25, -0.2) is 0 Å². The molecular formula is C16H20N2OSi. The molecule has 0 fully saturated rings. The van der Waals surface area contributed by atoms with Gasteiger partial charge in [0.1, 0.15) is 11.4 Å². The van der Waals surface area contributed by atoms with Gasteiger partial charge in [0.15, 0.2) is 0 Å². The predicted octanol–water partition coefficient (Wildman–Crippen LogP) is 4.35. The highest BCUT2D eigenvalue weighted by molar-refractivity contribution is 6.70. The number of hydrogen-bond donors (Lipinski definition) is 0. The molecule has 2 rings (SSSR count). The fourth-order valence-electron chi connectivity index (χ4n) is 1.77. The van der Waals surface area contributed by atoms with Crippen LogP contribution in [0.4, 0.5) is 5.69 Å². The van der Waals surface area contributed by atoms with Gasteiger partial charge in [-0.05, 0) is 50.3 Å². The van der Waals surface area contributed by atoms with Gasteiger partial charge in [0.2, 0.25) is 8.32 Å². The van der Waals surface area contributed by atoms with Crippen LogP contribution in [0.5, 0.6) is 5.75 Å². The Balaban J connectivity index is 2.32. The molecule has 20 heavy (non-hydrogen) atoms. The number of pyridine rings is 1. The Kier molecular flexibility index (Phi) is 4.34. The smallest absolute Gasteiger partial charge is 0.242 e. The third kappa shape index (κ3) is 4.03. The van der Waals surface area contributed by atoms with E-state index in [4.69, 9.17) is 4.43 Å². The lowest BCUT2D eigenvalue weighted by atomic mass is 10.2. The largest absolute Gasteiger partial charge is 0.543 e. The zero-order valence-corrected chi connectivity index (χ0v) is 13.4. The summed E-state index contributed by atoms with van der Waals surface area (Å²) < 4.78 is 6.16. The van der Waals surface area contributed by atoms with Crippen molar-refractivity contribution in [2.75, 3.05) is 0 Å². The van der Waals surface area contributed by atoms with Crippen LogP contribution in [0, 0.1) is 6.92 Å². The Morgan fingerprint density at radius 2 is 1.90 bits per heavy atom. The number of aryl methyl sites for hydroxylation is 1. The van der Waals surface area contributed by atoms with E-state index in [1.165, 1.54) is 0 Å². The van der Waals surface area contributed by atoms with E-state index in [1.54, 1.807) is 12.4 Å². The number of para-hydroxylation sites is 1. The Hall–Kier alpha value is -1.94. The first-order valence-corrected chi connectivity index (χ1v) is 10.1. The lowest BCUT2D eigenvalue weighted by Gasteiger charge is -2.22. The molecule has 1 heterocycles. The molecular weight excluding hydrogens is 264 g/mol. The van der Waals surface area contributed by atoms with Crippen molar-refractivity contribution < 1.29 is 4.43 Å². The second kappa shape index (κ2) is 6.01. The monoisotopic (exact) mass is 284 g/mol. The Morgan fingerprint density at radius 1 is 1.10 bits per heavy atom. The highest BCUT2D eigenvalue weighted by Gasteiger charge is 2.19. The third-order valence-electron chi connectivity index (χ3n) is 2.62. The van der Waals surface area contributed by atoms with Gasteiger partial charge in [-0.3, -0.25) is 9.98 Å². The van der Waals surface area contributed by atoms with Gasteiger partial charge in [0.25, 0.3) is 0 Å². The van der Waals surface area contributed by atoms with Gasteiger partial charge < -0.3 is 4.43 Å². The van der Waals surface area contributed by atoms with E-state index in [9.17, 15) is 0 Å². The average Bonchev–Trinajstić information content (AvgIpc) is 2.39. The maximum absolute atomic E-state index is 6.16. The number of benzene rings is 1. The average molecular weight is 284 g/mol. The topological polar surface area (TPSA) is 34.5 Å². The molecule has 0 amide bonds. The number of nitrogens with zero attached hydrogens (tertiary/aromatic N) is 2. The van der Waals surface area contributed by atoms with Crippen LogP contribution in [-0.4, -0.2) is 19.5 Å². The molecule has 3 nitrogen and oxygen atoms in total. The molecule has 0 aliphatic heterocycles. The van der Waals surface area contributed by atoms with E-state index in [1.807, 2.05) is 30.3 Å². The summed E-state index contributed by atoms with van der Waals surface area (Å²) in [6, 6.07) is 11.8. The summed E-state index contributed by atoms with van der Waals surface area (Å²) in [5.74, 6) is 0.888. The number of rotatable bonds is 4. The summed E-state index contributed by atoms with van der Waals surface area (Å²) in [5, 5.41) is 0. The maximum Gasteiger partial charge on any atom is 0.242 e. The minimum absolute atomic E-state index is 0.841. The highest BCUT2D eigenvalue weighted by atomic mass is 28.4. The van der Waals surface area contributed by atoms with Crippen molar-refractivity contribution in [3.8, 4) is 5.75 Å². The van der Waals surface area contributed by atoms with Gasteiger partial charge in [0.05, 0.1) is 11.9 Å². The molecule has 0 saturated heterocycles. The van der Waals surface area contributed by atoms with E-state index in [2.05, 4.69) is 42.6 Å². The predicted molar refractivity (Wildman–Crippen MR) is 86.6 cm³/mol. The van der Waals surface area contributed by atoms with Crippen LogP contribution in [-0.2, 0) is 0 Å². The van der Waals surface area contributed by atoms with Gasteiger partial charge in [0, 0.05) is 6.20 Å². The van der Waals surface area contributed by atoms with E-state index in [-0.39, 0.29) is 0 Å². The van der Waals surface area contributed by atoms with Crippen LogP contribution in [0.25, 0.3) is 0 Å². The first-order valence-electron chi connectivity index (χ1n) is 6.69. The summed E-state index contributed by atoms with van der Waals surface area (Å²) in [7, 11) is -1.66. The minimum Gasteiger partial charge on any atom is -0.543 e. The quantitative estimate of drug-likeness (QED) is 0.618. The van der Waals surface area contributed by atoms with E-state index < -0.39 is 8.32 Å². The zero-order valence-electron chi connectivity index (χ0n) is 12.4. The molecule has 0 aliphatic carbocycles. The normalized spacial score (nSPS) is 11.8. The summed E-state index contributed by atoms with van der Waals surface area (Å²) in [6.45, 7) is 8.57. The van der Waals surface area contributed by atoms with Gasteiger partial charge in [-0.1, -0.05) is 18.2 Å². The first-order chi connectivity index (χ1) is 9.46. The van der Waals surface area contributed by atoms with Crippen molar-refractivity contribution in [3.63, 3.8) is 0 Å². The van der Waals surface area contributed by atoms with Crippen molar-refractivity contribution in [2.24, 2.45) is 4.99 Å². The van der Waals surface area contributed by atoms with Crippen LogP contribution in [0.2, 0.25) is 19.6 Å². The molecule has 0 spiro atoms. The SMILES string of the molecule is Cc1cccc(N=Cc2ccccn2)c1O[Si](C)(C)C. The summed E-state index contributed by atoms with van der Waals surface area (Å²) in [6.07, 6.45) is 3.53. The Bertz CT molecular complexity index is 604. The summed E-state index contributed by atoms with van der Waals surface area (Å²) in [4.78, 5) is 8.77. The van der Waals surface area contributed by atoms with Crippen LogP contribution in [0.1, 0.15) is 11.3 Å². The number of hydrogen-bond acceptors (Lipinski definition) is 3. The van der Waals surface area contributed by atoms with Crippen LogP contribution in [0.15, 0.2) is 47.6 Å². The molecule has 1 aromatic heterocycles. The molecule has 0 unspecified atom stereocenters. The maximum atomic E-state index is 6.16. The van der Waals surface area contributed by atoms with E-state index in [0.29, 0.717) is 0 Å². The molecule has 0 atom stereocenters. The molecule has 4 heteroatoms. The summed E-state index contributed by atoms with van der Waals surface area (Å²) >= 11 is 0. The highest BCUT2D eigenvalue weighted by Crippen LogP contribution is 2.32. The van der Waals surface area contributed by atoms with Crippen LogP contribution >= 0.6 is 0 Å². The van der Waals surface area contributed by atoms with Crippen LogP contribution < -0.4 is 4.43 Å². The Morgan fingerprint density at radius 3 is 2.55 bits per heavy atom. The lowest BCUT2D eigenvalue weighted by molar-refractivity contribution is 0.554. The van der Waals surface area contributed by atoms with Crippen LogP contribution in [0.3, 0.4) is 0 Å². The minimum atomic E-state index is -1.66. The molecule has 0 radical (unpaired) electrons. The molecule has 0 saturated carbocycles. The van der Waals surface area contributed by atoms with Gasteiger partial charge in [-0.15, -0.1) is 0 Å². The summed E-state index contributed by atoms with van der Waals surface area (Å²) in [5.41, 5.74) is 2.81. The van der Waals surface area contributed by atoms with Crippen molar-refractivity contribution in [3.05, 3.63) is 53.9 Å². The molecule has 2 aromatic rings.